The summed E-state index contributed by atoms with van der Waals surface area (Å²) in [5.41, 5.74) is 2.23. The van der Waals surface area contributed by atoms with Crippen LogP contribution < -0.4 is 10.6 Å². The van der Waals surface area contributed by atoms with Crippen molar-refractivity contribution in [1.82, 2.24) is 38.0 Å². The second-order valence-electron chi connectivity index (χ2n) is 15.4. The van der Waals surface area contributed by atoms with E-state index in [-0.39, 0.29) is 60.9 Å². The van der Waals surface area contributed by atoms with Crippen molar-refractivity contribution in [2.75, 3.05) is 70.3 Å². The molecule has 2 saturated heterocycles. The minimum atomic E-state index is -4.70. The van der Waals surface area contributed by atoms with Gasteiger partial charge in [0.2, 0.25) is 15.9 Å². The SMILES string of the molecule is CN(C)c1ccc2c(n1)n(C1CCN(CC(O)Cn3nc(-c4ccc(C(F)(F)F)c(SCC(=O)N5CC[C@H](O)C5)c4)c4c3CCN(S(C)(=O)=O)C4)CC1)c(=O)n2C. The highest BCUT2D eigenvalue weighted by atomic mass is 32.2. The Labute approximate surface area is 332 Å². The van der Waals surface area contributed by atoms with Crippen LogP contribution in [0.5, 0.6) is 0 Å². The predicted molar refractivity (Wildman–Crippen MR) is 210 cm³/mol. The summed E-state index contributed by atoms with van der Waals surface area (Å²) in [6.45, 7) is 2.23. The molecular formula is C37H48F3N9O6S2. The number of thioether (sulfide) groups is 1. The quantitative estimate of drug-likeness (QED) is 0.214. The molecule has 3 aliphatic rings. The van der Waals surface area contributed by atoms with Gasteiger partial charge in [-0.1, -0.05) is 6.07 Å². The summed E-state index contributed by atoms with van der Waals surface area (Å²) in [5, 5.41) is 26.0. The number of piperidine rings is 1. The molecule has 0 saturated carbocycles. The summed E-state index contributed by atoms with van der Waals surface area (Å²) in [7, 11) is 1.92. The zero-order valence-corrected chi connectivity index (χ0v) is 33.9. The van der Waals surface area contributed by atoms with Crippen molar-refractivity contribution in [2.45, 2.75) is 68.1 Å². The monoisotopic (exact) mass is 835 g/mol. The minimum Gasteiger partial charge on any atom is -0.391 e. The van der Waals surface area contributed by atoms with E-state index in [1.165, 1.54) is 21.3 Å². The Hall–Kier alpha value is -3.95. The number of aliphatic hydroxyl groups excluding tert-OH is 2. The molecule has 3 aromatic heterocycles. The van der Waals surface area contributed by atoms with Gasteiger partial charge in [-0.2, -0.15) is 22.6 Å². The number of hydrogen-bond donors (Lipinski definition) is 2. The summed E-state index contributed by atoms with van der Waals surface area (Å²) < 4.78 is 74.2. The first-order valence-corrected chi connectivity index (χ1v) is 21.7. The van der Waals surface area contributed by atoms with Gasteiger partial charge in [0.15, 0.2) is 5.65 Å². The standard InChI is InChI=1S/C37H48F3N9O6S2/c1-43(2)32-8-7-30-35(41-32)49(36(53)44(30)3)24-9-13-45(14-10-24)18-26(51)20-48-29-12-16-47(57(4,54)55)21-27(29)34(42-48)23-5-6-28(37(38,39)40)31(17-23)56-22-33(52)46-15-11-25(50)19-46/h5-8,17,24-26,50-51H,9-16,18-22H2,1-4H3/t25-,26?/m0/s1. The van der Waals surface area contributed by atoms with Gasteiger partial charge < -0.3 is 24.9 Å². The Kier molecular flexibility index (Phi) is 11.6. The number of likely N-dealkylation sites (tertiary alicyclic amines) is 2. The first-order valence-electron chi connectivity index (χ1n) is 18.9. The first kappa shape index (κ1) is 41.2. The van der Waals surface area contributed by atoms with Crippen LogP contribution in [-0.2, 0) is 47.6 Å². The molecule has 310 valence electrons. The van der Waals surface area contributed by atoms with E-state index in [1.54, 1.807) is 20.9 Å². The van der Waals surface area contributed by atoms with E-state index in [4.69, 9.17) is 10.1 Å². The Bertz CT molecular complexity index is 2320. The lowest BCUT2D eigenvalue weighted by Gasteiger charge is -2.33. The fraction of sp³-hybridized carbons (Fsp3) is 0.568. The highest BCUT2D eigenvalue weighted by Crippen LogP contribution is 2.40. The highest BCUT2D eigenvalue weighted by Gasteiger charge is 2.36. The van der Waals surface area contributed by atoms with Crippen LogP contribution in [0, 0.1) is 0 Å². The number of nitrogens with zero attached hydrogens (tertiary/aromatic N) is 9. The zero-order valence-electron chi connectivity index (χ0n) is 32.3. The number of amides is 1. The fourth-order valence-electron chi connectivity index (χ4n) is 8.07. The maximum Gasteiger partial charge on any atom is 0.417 e. The first-order chi connectivity index (χ1) is 26.9. The van der Waals surface area contributed by atoms with E-state index < -0.39 is 34.0 Å². The number of anilines is 1. The summed E-state index contributed by atoms with van der Waals surface area (Å²) in [4.78, 5) is 36.2. The Morgan fingerprint density at radius 3 is 2.46 bits per heavy atom. The molecule has 0 aliphatic carbocycles. The average Bonchev–Trinajstić information content (AvgIpc) is 3.83. The van der Waals surface area contributed by atoms with Crippen molar-refractivity contribution in [3.8, 4) is 11.3 Å². The molecule has 0 radical (unpaired) electrons. The number of aliphatic hydroxyl groups is 2. The number of aromatic nitrogens is 5. The summed E-state index contributed by atoms with van der Waals surface area (Å²) in [5.74, 6) is 0.112. The van der Waals surface area contributed by atoms with Crippen molar-refractivity contribution in [3.63, 3.8) is 0 Å². The van der Waals surface area contributed by atoms with Gasteiger partial charge in [-0.25, -0.2) is 18.2 Å². The molecule has 1 unspecified atom stereocenters. The van der Waals surface area contributed by atoms with Gasteiger partial charge in [-0.15, -0.1) is 11.8 Å². The molecule has 2 N–H and O–H groups in total. The van der Waals surface area contributed by atoms with E-state index in [9.17, 15) is 41.4 Å². The Morgan fingerprint density at radius 1 is 1.07 bits per heavy atom. The van der Waals surface area contributed by atoms with E-state index >= 15 is 0 Å². The number of halogens is 3. The predicted octanol–water partition coefficient (Wildman–Crippen LogP) is 2.38. The van der Waals surface area contributed by atoms with E-state index in [2.05, 4.69) is 4.90 Å². The molecule has 20 heteroatoms. The molecule has 0 spiro atoms. The van der Waals surface area contributed by atoms with Gasteiger partial charge in [0.05, 0.1) is 47.5 Å². The van der Waals surface area contributed by atoms with E-state index in [0.717, 1.165) is 35.4 Å². The van der Waals surface area contributed by atoms with Gasteiger partial charge in [0.25, 0.3) is 0 Å². The second kappa shape index (κ2) is 16.0. The summed E-state index contributed by atoms with van der Waals surface area (Å²) in [6.07, 6.45) is -3.10. The molecule has 1 aromatic carbocycles. The van der Waals surface area contributed by atoms with Crippen LogP contribution in [0.25, 0.3) is 22.4 Å². The van der Waals surface area contributed by atoms with Crippen molar-refractivity contribution in [3.05, 3.63) is 57.6 Å². The van der Waals surface area contributed by atoms with Crippen LogP contribution in [-0.4, -0.2) is 140 Å². The molecule has 6 heterocycles. The maximum atomic E-state index is 14.2. The number of alkyl halides is 3. The van der Waals surface area contributed by atoms with Crippen molar-refractivity contribution < 1.29 is 36.6 Å². The van der Waals surface area contributed by atoms with E-state index in [1.807, 2.05) is 31.1 Å². The number of aryl methyl sites for hydroxylation is 1. The lowest BCUT2D eigenvalue weighted by atomic mass is 10.0. The van der Waals surface area contributed by atoms with Crippen molar-refractivity contribution >= 4 is 44.7 Å². The van der Waals surface area contributed by atoms with Gasteiger partial charge in [-0.3, -0.25) is 18.6 Å². The van der Waals surface area contributed by atoms with Crippen LogP contribution in [0.4, 0.5) is 19.0 Å². The highest BCUT2D eigenvalue weighted by molar-refractivity contribution is 8.00. The van der Waals surface area contributed by atoms with Crippen LogP contribution >= 0.6 is 11.8 Å². The molecule has 3 aliphatic heterocycles. The third kappa shape index (κ3) is 8.61. The number of imidazole rings is 1. The molecule has 7 rings (SSSR count). The maximum absolute atomic E-state index is 14.2. The number of pyridine rings is 1. The third-order valence-corrected chi connectivity index (χ3v) is 13.4. The molecule has 0 bridgehead atoms. The number of rotatable bonds is 11. The van der Waals surface area contributed by atoms with Crippen molar-refractivity contribution in [2.24, 2.45) is 7.05 Å². The number of benzene rings is 1. The average molecular weight is 836 g/mol. The van der Waals surface area contributed by atoms with Gasteiger partial charge >= 0.3 is 11.9 Å². The number of fused-ring (bicyclic) bond motifs is 2. The van der Waals surface area contributed by atoms with Gasteiger partial charge in [-0.05, 0) is 43.5 Å². The third-order valence-electron chi connectivity index (χ3n) is 11.2. The Balaban J connectivity index is 1.10. The summed E-state index contributed by atoms with van der Waals surface area (Å²) in [6, 6.07) is 7.30. The molecule has 1 amide bonds. The van der Waals surface area contributed by atoms with Crippen molar-refractivity contribution in [1.29, 1.82) is 0 Å². The fourth-order valence-corrected chi connectivity index (χ4v) is 9.87. The Morgan fingerprint density at radius 2 is 1.81 bits per heavy atom. The largest absolute Gasteiger partial charge is 0.417 e. The van der Waals surface area contributed by atoms with Crippen LogP contribution in [0.2, 0.25) is 0 Å². The second-order valence-corrected chi connectivity index (χ2v) is 18.4. The van der Waals surface area contributed by atoms with E-state index in [0.29, 0.717) is 73.6 Å². The normalized spacial score (nSPS) is 19.4. The van der Waals surface area contributed by atoms with Gasteiger partial charge in [0.1, 0.15) is 5.82 Å². The van der Waals surface area contributed by atoms with Crippen LogP contribution in [0.15, 0.2) is 40.0 Å². The van der Waals surface area contributed by atoms with Crippen LogP contribution in [0.3, 0.4) is 0 Å². The number of carbonyl (C=O) groups is 1. The smallest absolute Gasteiger partial charge is 0.391 e. The number of β-amino-alcohol motifs (C(OH)–C–C–N with tert-alkyl or cyclic N) is 2. The zero-order chi connectivity index (χ0) is 41.0. The molecule has 2 fully saturated rings. The summed E-state index contributed by atoms with van der Waals surface area (Å²) >= 11 is 0.756. The number of hydrogen-bond acceptors (Lipinski definition) is 11. The molecule has 15 nitrogen and oxygen atoms in total. The lowest BCUT2D eigenvalue weighted by molar-refractivity contribution is -0.139. The van der Waals surface area contributed by atoms with Gasteiger partial charge in [0, 0.05) is 101 Å². The minimum absolute atomic E-state index is 0.0369. The molecule has 57 heavy (non-hydrogen) atoms. The number of sulfonamides is 1. The number of carbonyl (C=O) groups excluding carboxylic acids is 1. The lowest BCUT2D eigenvalue weighted by Crippen LogP contribution is -2.42. The molecule has 4 aromatic rings. The molecule has 2 atom stereocenters. The topological polar surface area (TPSA) is 162 Å². The van der Waals surface area contributed by atoms with Crippen LogP contribution in [0.1, 0.15) is 42.1 Å². The molecular weight excluding hydrogens is 788 g/mol.